The predicted molar refractivity (Wildman–Crippen MR) is 107 cm³/mol. The number of aliphatic carboxylic acids is 1. The van der Waals surface area contributed by atoms with E-state index in [1.807, 2.05) is 0 Å². The number of carboxylic acids is 1. The predicted octanol–water partition coefficient (Wildman–Crippen LogP) is 5.28. The largest absolute Gasteiger partial charge is 0.481 e. The number of carboxylic acid groups (broad SMARTS) is 1. The SMILES string of the molecule is C[C@@H](CCC(=O)O)[C@H]1CC[C@H]2[C@@H]3CC[C@@H]4CC(O)CC[C@]4(C)[C@H]3C=C[C@]12C. The summed E-state index contributed by atoms with van der Waals surface area (Å²) in [7, 11) is 0. The van der Waals surface area contributed by atoms with Crippen LogP contribution in [0, 0.1) is 46.3 Å². The summed E-state index contributed by atoms with van der Waals surface area (Å²) in [5.41, 5.74) is 0.615. The minimum absolute atomic E-state index is 0.0802. The number of allylic oxidation sites excluding steroid dienone is 2. The molecule has 3 saturated carbocycles. The van der Waals surface area contributed by atoms with Crippen LogP contribution in [0.2, 0.25) is 0 Å². The molecule has 27 heavy (non-hydrogen) atoms. The Morgan fingerprint density at radius 2 is 1.96 bits per heavy atom. The van der Waals surface area contributed by atoms with Gasteiger partial charge in [0.05, 0.1) is 6.10 Å². The van der Waals surface area contributed by atoms with Crippen LogP contribution >= 0.6 is 0 Å². The molecular weight excluding hydrogens is 336 g/mol. The number of hydrogen-bond donors (Lipinski definition) is 2. The van der Waals surface area contributed by atoms with E-state index >= 15 is 0 Å². The lowest BCUT2D eigenvalue weighted by Gasteiger charge is -2.58. The molecule has 4 aliphatic carbocycles. The zero-order valence-electron chi connectivity index (χ0n) is 17.4. The Bertz CT molecular complexity index is 613. The zero-order valence-corrected chi connectivity index (χ0v) is 17.4. The normalized spacial score (nSPS) is 49.8. The van der Waals surface area contributed by atoms with Crippen molar-refractivity contribution >= 4 is 5.97 Å². The third kappa shape index (κ3) is 3.09. The van der Waals surface area contributed by atoms with Gasteiger partial charge in [-0.3, -0.25) is 4.79 Å². The molecule has 0 bridgehead atoms. The van der Waals surface area contributed by atoms with Crippen LogP contribution in [0.3, 0.4) is 0 Å². The molecule has 3 nitrogen and oxygen atoms in total. The van der Waals surface area contributed by atoms with Crippen LogP contribution in [0.1, 0.15) is 78.6 Å². The van der Waals surface area contributed by atoms with E-state index in [1.54, 1.807) is 0 Å². The highest BCUT2D eigenvalue weighted by molar-refractivity contribution is 5.66. The van der Waals surface area contributed by atoms with Gasteiger partial charge in [0.25, 0.3) is 0 Å². The van der Waals surface area contributed by atoms with Crippen molar-refractivity contribution in [1.29, 1.82) is 0 Å². The molecule has 0 aliphatic heterocycles. The molecular formula is C24H38O3. The monoisotopic (exact) mass is 374 g/mol. The quantitative estimate of drug-likeness (QED) is 0.658. The molecule has 0 aromatic rings. The lowest BCUT2D eigenvalue weighted by Crippen LogP contribution is -2.52. The standard InChI is InChI=1S/C24H38O3/c1-15(4-9-22(26)27)19-7-8-20-18-6-5-16-14-17(25)10-12-23(16,2)21(18)11-13-24(19,20)3/h11,13,15-21,25H,4-10,12,14H2,1-3H3,(H,26,27)/t15-,16+,17?,18-,19+,20-,21-,23-,24+/m0/s1. The maximum Gasteiger partial charge on any atom is 0.303 e. The number of rotatable bonds is 4. The van der Waals surface area contributed by atoms with Crippen LogP contribution < -0.4 is 0 Å². The van der Waals surface area contributed by atoms with Gasteiger partial charge in [0, 0.05) is 6.42 Å². The molecule has 1 unspecified atom stereocenters. The Hall–Kier alpha value is -0.830. The Morgan fingerprint density at radius 1 is 1.19 bits per heavy atom. The van der Waals surface area contributed by atoms with Crippen LogP contribution in [-0.4, -0.2) is 22.3 Å². The van der Waals surface area contributed by atoms with Gasteiger partial charge in [0.2, 0.25) is 0 Å². The summed E-state index contributed by atoms with van der Waals surface area (Å²) >= 11 is 0. The number of carbonyl (C=O) groups is 1. The summed E-state index contributed by atoms with van der Waals surface area (Å²) in [4.78, 5) is 11.0. The molecule has 0 amide bonds. The van der Waals surface area contributed by atoms with Crippen molar-refractivity contribution in [3.05, 3.63) is 12.2 Å². The zero-order chi connectivity index (χ0) is 19.4. The van der Waals surface area contributed by atoms with E-state index in [0.29, 0.717) is 35.5 Å². The molecule has 0 aromatic heterocycles. The van der Waals surface area contributed by atoms with Gasteiger partial charge >= 0.3 is 5.97 Å². The highest BCUT2D eigenvalue weighted by atomic mass is 16.4. The maximum absolute atomic E-state index is 11.0. The first-order valence-electron chi connectivity index (χ1n) is 11.3. The minimum atomic E-state index is -0.661. The Morgan fingerprint density at radius 3 is 2.70 bits per heavy atom. The van der Waals surface area contributed by atoms with Crippen molar-refractivity contribution in [2.45, 2.75) is 84.7 Å². The smallest absolute Gasteiger partial charge is 0.303 e. The number of hydrogen-bond acceptors (Lipinski definition) is 2. The fraction of sp³-hybridized carbons (Fsp3) is 0.875. The van der Waals surface area contributed by atoms with Crippen LogP contribution in [0.4, 0.5) is 0 Å². The van der Waals surface area contributed by atoms with Crippen molar-refractivity contribution in [3.8, 4) is 0 Å². The van der Waals surface area contributed by atoms with E-state index in [0.717, 1.165) is 31.1 Å². The van der Waals surface area contributed by atoms with Gasteiger partial charge in [0.15, 0.2) is 0 Å². The topological polar surface area (TPSA) is 57.5 Å². The Kier molecular flexibility index (Phi) is 4.98. The summed E-state index contributed by atoms with van der Waals surface area (Å²) < 4.78 is 0. The lowest BCUT2D eigenvalue weighted by molar-refractivity contribution is -0.137. The Balaban J connectivity index is 1.56. The van der Waals surface area contributed by atoms with E-state index in [4.69, 9.17) is 5.11 Å². The summed E-state index contributed by atoms with van der Waals surface area (Å²) in [5.74, 6) is 3.35. The average Bonchev–Trinajstić information content (AvgIpc) is 2.97. The first-order chi connectivity index (χ1) is 12.8. The van der Waals surface area contributed by atoms with Gasteiger partial charge < -0.3 is 10.2 Å². The van der Waals surface area contributed by atoms with Crippen LogP contribution in [0.25, 0.3) is 0 Å². The highest BCUT2D eigenvalue weighted by Gasteiger charge is 2.58. The van der Waals surface area contributed by atoms with Gasteiger partial charge in [-0.05, 0) is 97.7 Å². The van der Waals surface area contributed by atoms with Gasteiger partial charge in [0.1, 0.15) is 0 Å². The van der Waals surface area contributed by atoms with Crippen molar-refractivity contribution in [3.63, 3.8) is 0 Å². The fourth-order valence-electron chi connectivity index (χ4n) is 8.10. The number of aliphatic hydroxyl groups excluding tert-OH is 1. The minimum Gasteiger partial charge on any atom is -0.481 e. The van der Waals surface area contributed by atoms with Crippen molar-refractivity contribution in [1.82, 2.24) is 0 Å². The third-order valence-corrected chi connectivity index (χ3v) is 9.64. The molecule has 3 fully saturated rings. The van der Waals surface area contributed by atoms with Crippen molar-refractivity contribution in [2.24, 2.45) is 46.3 Å². The molecule has 152 valence electrons. The van der Waals surface area contributed by atoms with E-state index < -0.39 is 5.97 Å². The second kappa shape index (κ2) is 6.90. The molecule has 9 atom stereocenters. The second-order valence-corrected chi connectivity index (χ2v) is 10.8. The number of fused-ring (bicyclic) bond motifs is 5. The van der Waals surface area contributed by atoms with Crippen molar-refractivity contribution < 1.29 is 15.0 Å². The van der Waals surface area contributed by atoms with Crippen LogP contribution in [0.15, 0.2) is 12.2 Å². The molecule has 4 rings (SSSR count). The van der Waals surface area contributed by atoms with E-state index in [9.17, 15) is 9.90 Å². The lowest BCUT2D eigenvalue weighted by atomic mass is 9.46. The molecule has 4 aliphatic rings. The molecule has 0 aromatic carbocycles. The van der Waals surface area contributed by atoms with E-state index in [-0.39, 0.29) is 11.5 Å². The molecule has 2 N–H and O–H groups in total. The van der Waals surface area contributed by atoms with Gasteiger partial charge in [-0.2, -0.15) is 0 Å². The summed E-state index contributed by atoms with van der Waals surface area (Å²) in [6, 6.07) is 0. The molecule has 0 heterocycles. The van der Waals surface area contributed by atoms with Gasteiger partial charge in [-0.25, -0.2) is 0 Å². The van der Waals surface area contributed by atoms with Crippen LogP contribution in [0.5, 0.6) is 0 Å². The van der Waals surface area contributed by atoms with Crippen molar-refractivity contribution in [2.75, 3.05) is 0 Å². The first kappa shape index (κ1) is 19.5. The number of aliphatic hydroxyl groups is 1. The maximum atomic E-state index is 11.0. The second-order valence-electron chi connectivity index (χ2n) is 10.8. The van der Waals surface area contributed by atoms with Crippen LogP contribution in [-0.2, 0) is 4.79 Å². The van der Waals surface area contributed by atoms with Gasteiger partial charge in [-0.15, -0.1) is 0 Å². The molecule has 0 spiro atoms. The Labute approximate surface area is 164 Å². The fourth-order valence-corrected chi connectivity index (χ4v) is 8.10. The van der Waals surface area contributed by atoms with Gasteiger partial charge in [-0.1, -0.05) is 32.9 Å². The summed E-state index contributed by atoms with van der Waals surface area (Å²) in [6.07, 6.45) is 14.5. The highest BCUT2D eigenvalue weighted by Crippen LogP contribution is 2.66. The summed E-state index contributed by atoms with van der Waals surface area (Å²) in [5, 5.41) is 19.3. The molecule has 0 radical (unpaired) electrons. The first-order valence-corrected chi connectivity index (χ1v) is 11.3. The molecule has 0 saturated heterocycles. The van der Waals surface area contributed by atoms with E-state index in [1.165, 1.54) is 32.1 Å². The third-order valence-electron chi connectivity index (χ3n) is 9.64. The summed E-state index contributed by atoms with van der Waals surface area (Å²) in [6.45, 7) is 7.26. The van der Waals surface area contributed by atoms with E-state index in [2.05, 4.69) is 32.9 Å². The molecule has 3 heteroatoms. The average molecular weight is 375 g/mol.